The van der Waals surface area contributed by atoms with E-state index in [0.29, 0.717) is 0 Å². The van der Waals surface area contributed by atoms with Gasteiger partial charge in [-0.1, -0.05) is 59.7 Å². The van der Waals surface area contributed by atoms with Crippen LogP contribution >= 0.6 is 0 Å². The molecule has 30 heavy (non-hydrogen) atoms. The standard InChI is InChI=1S/C26H30N2O2/c1-19-3-7-21(8-4-19)11-17-25(29)27-23-13-15-24(16-14-23)28-26(30)18-12-22-9-5-20(2)6-10-22/h3-12,17-18,23-24H,13-16H2,1-2H3,(H,27,29)(H,28,30). The summed E-state index contributed by atoms with van der Waals surface area (Å²) < 4.78 is 0. The fourth-order valence-electron chi connectivity index (χ4n) is 3.58. The molecule has 2 amide bonds. The van der Waals surface area contributed by atoms with Crippen molar-refractivity contribution >= 4 is 24.0 Å². The number of benzene rings is 2. The summed E-state index contributed by atoms with van der Waals surface area (Å²) in [5.74, 6) is -0.131. The molecule has 3 rings (SSSR count). The molecule has 0 unspecified atom stereocenters. The highest BCUT2D eigenvalue weighted by atomic mass is 16.2. The van der Waals surface area contributed by atoms with Gasteiger partial charge in [0, 0.05) is 24.2 Å². The molecule has 0 saturated heterocycles. The summed E-state index contributed by atoms with van der Waals surface area (Å²) in [5, 5.41) is 6.15. The lowest BCUT2D eigenvalue weighted by atomic mass is 9.91. The number of aryl methyl sites for hydroxylation is 2. The van der Waals surface area contributed by atoms with Crippen LogP contribution in [0, 0.1) is 13.8 Å². The number of carbonyl (C=O) groups is 2. The molecule has 2 aromatic rings. The summed E-state index contributed by atoms with van der Waals surface area (Å²) in [7, 11) is 0. The van der Waals surface area contributed by atoms with Gasteiger partial charge < -0.3 is 10.6 Å². The fourth-order valence-corrected chi connectivity index (χ4v) is 3.58. The van der Waals surface area contributed by atoms with E-state index in [9.17, 15) is 9.59 Å². The highest BCUT2D eigenvalue weighted by Gasteiger charge is 2.22. The number of rotatable bonds is 6. The Hall–Kier alpha value is -3.14. The van der Waals surface area contributed by atoms with Crippen LogP contribution in [-0.2, 0) is 9.59 Å². The Morgan fingerprint density at radius 1 is 0.667 bits per heavy atom. The molecule has 1 aliphatic carbocycles. The maximum Gasteiger partial charge on any atom is 0.244 e. The smallest absolute Gasteiger partial charge is 0.244 e. The average Bonchev–Trinajstić information content (AvgIpc) is 2.74. The van der Waals surface area contributed by atoms with Crippen LogP contribution in [0.25, 0.3) is 12.2 Å². The molecule has 4 nitrogen and oxygen atoms in total. The van der Waals surface area contributed by atoms with E-state index >= 15 is 0 Å². The molecule has 1 fully saturated rings. The third-order valence-corrected chi connectivity index (χ3v) is 5.43. The van der Waals surface area contributed by atoms with Crippen molar-refractivity contribution in [2.24, 2.45) is 0 Å². The van der Waals surface area contributed by atoms with E-state index in [1.807, 2.05) is 74.5 Å². The van der Waals surface area contributed by atoms with Crippen molar-refractivity contribution < 1.29 is 9.59 Å². The second-order valence-corrected chi connectivity index (χ2v) is 8.05. The van der Waals surface area contributed by atoms with Gasteiger partial charge in [-0.25, -0.2) is 0 Å². The van der Waals surface area contributed by atoms with Gasteiger partial charge in [0.15, 0.2) is 0 Å². The Balaban J connectivity index is 1.38. The molecular formula is C26H30N2O2. The summed E-state index contributed by atoms with van der Waals surface area (Å²) in [4.78, 5) is 24.3. The average molecular weight is 403 g/mol. The van der Waals surface area contributed by atoms with Crippen molar-refractivity contribution in [2.75, 3.05) is 0 Å². The second kappa shape index (κ2) is 10.6. The molecular weight excluding hydrogens is 372 g/mol. The highest BCUT2D eigenvalue weighted by molar-refractivity contribution is 5.92. The van der Waals surface area contributed by atoms with Gasteiger partial charge in [0.2, 0.25) is 11.8 Å². The summed E-state index contributed by atoms with van der Waals surface area (Å²) >= 11 is 0. The predicted octanol–water partition coefficient (Wildman–Crippen LogP) is 4.57. The summed E-state index contributed by atoms with van der Waals surface area (Å²) in [6.45, 7) is 4.08. The fraction of sp³-hybridized carbons (Fsp3) is 0.308. The molecule has 1 aliphatic rings. The normalized spacial score (nSPS) is 19.1. The molecule has 0 radical (unpaired) electrons. The van der Waals surface area contributed by atoms with Crippen LogP contribution in [0.4, 0.5) is 0 Å². The van der Waals surface area contributed by atoms with E-state index in [0.717, 1.165) is 36.8 Å². The minimum Gasteiger partial charge on any atom is -0.350 e. The van der Waals surface area contributed by atoms with Crippen molar-refractivity contribution in [1.82, 2.24) is 10.6 Å². The molecule has 0 heterocycles. The van der Waals surface area contributed by atoms with Crippen LogP contribution in [0.15, 0.2) is 60.7 Å². The zero-order valence-electron chi connectivity index (χ0n) is 17.7. The van der Waals surface area contributed by atoms with Crippen molar-refractivity contribution in [2.45, 2.75) is 51.6 Å². The van der Waals surface area contributed by atoms with Gasteiger partial charge in [-0.3, -0.25) is 9.59 Å². The molecule has 156 valence electrons. The lowest BCUT2D eigenvalue weighted by Crippen LogP contribution is -2.43. The molecule has 4 heteroatoms. The second-order valence-electron chi connectivity index (χ2n) is 8.05. The van der Waals surface area contributed by atoms with Gasteiger partial charge in [0.05, 0.1) is 0 Å². The quantitative estimate of drug-likeness (QED) is 0.695. The van der Waals surface area contributed by atoms with Gasteiger partial charge in [0.25, 0.3) is 0 Å². The summed E-state index contributed by atoms with van der Waals surface area (Å²) in [6.07, 6.45) is 10.3. The number of hydrogen-bond donors (Lipinski definition) is 2. The van der Waals surface area contributed by atoms with Gasteiger partial charge >= 0.3 is 0 Å². The number of amides is 2. The first-order valence-electron chi connectivity index (χ1n) is 10.6. The van der Waals surface area contributed by atoms with Crippen LogP contribution in [0.5, 0.6) is 0 Å². The number of hydrogen-bond acceptors (Lipinski definition) is 2. The van der Waals surface area contributed by atoms with Crippen molar-refractivity contribution in [3.63, 3.8) is 0 Å². The van der Waals surface area contributed by atoms with E-state index in [4.69, 9.17) is 0 Å². The first-order chi connectivity index (χ1) is 14.5. The minimum atomic E-state index is -0.0657. The SMILES string of the molecule is Cc1ccc(C=CC(=O)NC2CCC(NC(=O)C=Cc3ccc(C)cc3)CC2)cc1. The molecule has 1 saturated carbocycles. The third-order valence-electron chi connectivity index (χ3n) is 5.43. The van der Waals surface area contributed by atoms with Gasteiger partial charge in [-0.2, -0.15) is 0 Å². The Morgan fingerprint density at radius 2 is 1.00 bits per heavy atom. The van der Waals surface area contributed by atoms with Crippen LogP contribution in [0.1, 0.15) is 47.9 Å². The zero-order valence-corrected chi connectivity index (χ0v) is 17.7. The van der Waals surface area contributed by atoms with Crippen LogP contribution < -0.4 is 10.6 Å². The van der Waals surface area contributed by atoms with Crippen LogP contribution in [-0.4, -0.2) is 23.9 Å². The van der Waals surface area contributed by atoms with Crippen molar-refractivity contribution in [1.29, 1.82) is 0 Å². The van der Waals surface area contributed by atoms with Crippen molar-refractivity contribution in [3.05, 3.63) is 82.9 Å². The Morgan fingerprint density at radius 3 is 1.33 bits per heavy atom. The first-order valence-corrected chi connectivity index (χ1v) is 10.6. The van der Waals surface area contributed by atoms with Crippen molar-refractivity contribution in [3.8, 4) is 0 Å². The number of nitrogens with one attached hydrogen (secondary N) is 2. The third kappa shape index (κ3) is 7.03. The zero-order chi connectivity index (χ0) is 21.3. The molecule has 0 atom stereocenters. The van der Waals surface area contributed by atoms with E-state index < -0.39 is 0 Å². The van der Waals surface area contributed by atoms with E-state index in [1.165, 1.54) is 11.1 Å². The van der Waals surface area contributed by atoms with E-state index in [1.54, 1.807) is 12.2 Å². The Labute approximate surface area is 179 Å². The lowest BCUT2D eigenvalue weighted by molar-refractivity contribution is -0.118. The van der Waals surface area contributed by atoms with Crippen LogP contribution in [0.2, 0.25) is 0 Å². The Kier molecular flexibility index (Phi) is 7.61. The Bertz CT molecular complexity index is 826. The van der Waals surface area contributed by atoms with E-state index in [-0.39, 0.29) is 23.9 Å². The molecule has 0 aromatic heterocycles. The molecule has 0 bridgehead atoms. The van der Waals surface area contributed by atoms with Gasteiger partial charge in [-0.15, -0.1) is 0 Å². The maximum atomic E-state index is 12.2. The molecule has 0 aliphatic heterocycles. The highest BCUT2D eigenvalue weighted by Crippen LogP contribution is 2.19. The van der Waals surface area contributed by atoms with E-state index in [2.05, 4.69) is 10.6 Å². The molecule has 2 N–H and O–H groups in total. The van der Waals surface area contributed by atoms with Gasteiger partial charge in [0.1, 0.15) is 0 Å². The van der Waals surface area contributed by atoms with Crippen LogP contribution in [0.3, 0.4) is 0 Å². The topological polar surface area (TPSA) is 58.2 Å². The summed E-state index contributed by atoms with van der Waals surface area (Å²) in [5.41, 5.74) is 4.43. The number of carbonyl (C=O) groups excluding carboxylic acids is 2. The molecule has 0 spiro atoms. The maximum absolute atomic E-state index is 12.2. The largest absolute Gasteiger partial charge is 0.350 e. The first kappa shape index (κ1) is 21.6. The monoisotopic (exact) mass is 402 g/mol. The predicted molar refractivity (Wildman–Crippen MR) is 123 cm³/mol. The molecule has 2 aromatic carbocycles. The minimum absolute atomic E-state index is 0.0657. The summed E-state index contributed by atoms with van der Waals surface area (Å²) in [6, 6.07) is 16.5. The lowest BCUT2D eigenvalue weighted by Gasteiger charge is -2.29. The van der Waals surface area contributed by atoms with Gasteiger partial charge in [-0.05, 0) is 62.8 Å².